The molecule has 0 bridgehead atoms. The molecule has 3 nitrogen and oxygen atoms in total. The minimum Gasteiger partial charge on any atom is -0.382 e. The Bertz CT molecular complexity index is 347. The summed E-state index contributed by atoms with van der Waals surface area (Å²) < 4.78 is 13.3. The molecule has 5 heteroatoms. The average molecular weight is 218 g/mol. The lowest BCUT2D eigenvalue weighted by Gasteiger charge is -2.21. The maximum atomic E-state index is 13.3. The van der Waals surface area contributed by atoms with Crippen LogP contribution in [0.5, 0.6) is 0 Å². The summed E-state index contributed by atoms with van der Waals surface area (Å²) in [6, 6.07) is 1.15. The third-order valence-electron chi connectivity index (χ3n) is 1.45. The van der Waals surface area contributed by atoms with Gasteiger partial charge in [-0.25, -0.2) is 9.37 Å². The zero-order valence-corrected chi connectivity index (χ0v) is 9.11. The summed E-state index contributed by atoms with van der Waals surface area (Å²) in [6.07, 6.45) is 0. The van der Waals surface area contributed by atoms with Crippen LogP contribution >= 0.6 is 11.6 Å². The van der Waals surface area contributed by atoms with Gasteiger partial charge in [-0.3, -0.25) is 0 Å². The lowest BCUT2D eigenvalue weighted by molar-refractivity contribution is 0.591. The van der Waals surface area contributed by atoms with Gasteiger partial charge in [-0.05, 0) is 20.8 Å². The monoisotopic (exact) mass is 217 g/mol. The van der Waals surface area contributed by atoms with Crippen LogP contribution in [-0.4, -0.2) is 10.5 Å². The molecule has 1 aromatic rings. The zero-order chi connectivity index (χ0) is 10.9. The third-order valence-corrected chi connectivity index (χ3v) is 1.75. The Morgan fingerprint density at radius 2 is 2.07 bits per heavy atom. The first-order valence-electron chi connectivity index (χ1n) is 4.19. The van der Waals surface area contributed by atoms with Crippen LogP contribution < -0.4 is 11.1 Å². The molecule has 78 valence electrons. The van der Waals surface area contributed by atoms with Crippen molar-refractivity contribution in [1.82, 2.24) is 4.98 Å². The molecule has 0 unspecified atom stereocenters. The Morgan fingerprint density at radius 3 is 2.57 bits per heavy atom. The fourth-order valence-corrected chi connectivity index (χ4v) is 1.06. The number of aromatic nitrogens is 1. The van der Waals surface area contributed by atoms with E-state index in [2.05, 4.69) is 10.3 Å². The number of nitrogen functional groups attached to an aromatic ring is 1. The summed E-state index contributed by atoms with van der Waals surface area (Å²) in [5.74, 6) is -0.252. The smallest absolute Gasteiger partial charge is 0.167 e. The molecule has 0 atom stereocenters. The first-order valence-corrected chi connectivity index (χ1v) is 4.57. The quantitative estimate of drug-likeness (QED) is 0.761. The van der Waals surface area contributed by atoms with Gasteiger partial charge in [-0.2, -0.15) is 0 Å². The number of hydrogen-bond donors (Lipinski definition) is 2. The second-order valence-corrected chi connectivity index (χ2v) is 4.47. The van der Waals surface area contributed by atoms with Crippen molar-refractivity contribution in [2.45, 2.75) is 26.3 Å². The van der Waals surface area contributed by atoms with Crippen LogP contribution in [0, 0.1) is 5.82 Å². The fourth-order valence-electron chi connectivity index (χ4n) is 0.924. The standard InChI is InChI=1S/C9H13ClFN3/c1-9(2,3)14-8-6(11)4-5(10)7(12)13-8/h4H,1-3H3,(H3,12,13,14). The molecule has 0 aliphatic heterocycles. The van der Waals surface area contributed by atoms with Gasteiger partial charge >= 0.3 is 0 Å². The third kappa shape index (κ3) is 2.73. The highest BCUT2D eigenvalue weighted by molar-refractivity contribution is 6.32. The van der Waals surface area contributed by atoms with Crippen molar-refractivity contribution in [2.24, 2.45) is 0 Å². The maximum absolute atomic E-state index is 13.3. The molecule has 0 aliphatic rings. The second kappa shape index (κ2) is 3.61. The minimum absolute atomic E-state index is 0.124. The first kappa shape index (κ1) is 11.0. The average Bonchev–Trinajstić information content (AvgIpc) is 1.97. The SMILES string of the molecule is CC(C)(C)Nc1nc(N)c(Cl)cc1F. The lowest BCUT2D eigenvalue weighted by Crippen LogP contribution is -2.27. The Balaban J connectivity index is 3.04. The van der Waals surface area contributed by atoms with Crippen molar-refractivity contribution in [2.75, 3.05) is 11.1 Å². The molecular formula is C9H13ClFN3. The molecule has 3 N–H and O–H groups in total. The van der Waals surface area contributed by atoms with Gasteiger partial charge in [0, 0.05) is 11.6 Å². The number of nitrogens with one attached hydrogen (secondary N) is 1. The van der Waals surface area contributed by atoms with Crippen molar-refractivity contribution >= 4 is 23.2 Å². The summed E-state index contributed by atoms with van der Waals surface area (Å²) >= 11 is 5.60. The van der Waals surface area contributed by atoms with Crippen LogP contribution in [0.4, 0.5) is 16.0 Å². The van der Waals surface area contributed by atoms with Gasteiger partial charge in [-0.1, -0.05) is 11.6 Å². The fraction of sp³-hybridized carbons (Fsp3) is 0.444. The van der Waals surface area contributed by atoms with E-state index < -0.39 is 5.82 Å². The van der Waals surface area contributed by atoms with E-state index in [-0.39, 0.29) is 22.2 Å². The zero-order valence-electron chi connectivity index (χ0n) is 8.36. The van der Waals surface area contributed by atoms with Gasteiger partial charge in [0.15, 0.2) is 11.6 Å². The Kier molecular flexibility index (Phi) is 2.85. The number of nitrogens with two attached hydrogens (primary N) is 1. The van der Waals surface area contributed by atoms with E-state index in [1.54, 1.807) is 0 Å². The van der Waals surface area contributed by atoms with E-state index in [1.807, 2.05) is 20.8 Å². The number of hydrogen-bond acceptors (Lipinski definition) is 3. The normalized spacial score (nSPS) is 11.5. The Morgan fingerprint density at radius 1 is 1.50 bits per heavy atom. The van der Waals surface area contributed by atoms with Gasteiger partial charge < -0.3 is 11.1 Å². The largest absolute Gasteiger partial charge is 0.382 e. The maximum Gasteiger partial charge on any atom is 0.167 e. The molecule has 0 aliphatic carbocycles. The number of rotatable bonds is 1. The van der Waals surface area contributed by atoms with Crippen molar-refractivity contribution in [3.05, 3.63) is 16.9 Å². The van der Waals surface area contributed by atoms with Crippen molar-refractivity contribution in [3.8, 4) is 0 Å². The predicted molar refractivity (Wildman–Crippen MR) is 57.0 cm³/mol. The van der Waals surface area contributed by atoms with Gasteiger partial charge in [0.2, 0.25) is 0 Å². The molecule has 1 rings (SSSR count). The van der Waals surface area contributed by atoms with Crippen molar-refractivity contribution < 1.29 is 4.39 Å². The highest BCUT2D eigenvalue weighted by Gasteiger charge is 2.15. The molecule has 0 spiro atoms. The van der Waals surface area contributed by atoms with Crippen LogP contribution in [0.15, 0.2) is 6.07 Å². The van der Waals surface area contributed by atoms with Gasteiger partial charge in [-0.15, -0.1) is 0 Å². The highest BCUT2D eigenvalue weighted by atomic mass is 35.5. The number of anilines is 2. The first-order chi connectivity index (χ1) is 6.29. The molecule has 0 fully saturated rings. The van der Waals surface area contributed by atoms with E-state index in [4.69, 9.17) is 17.3 Å². The van der Waals surface area contributed by atoms with Crippen molar-refractivity contribution in [1.29, 1.82) is 0 Å². The van der Waals surface area contributed by atoms with E-state index in [0.29, 0.717) is 0 Å². The summed E-state index contributed by atoms with van der Waals surface area (Å²) in [7, 11) is 0. The van der Waals surface area contributed by atoms with Gasteiger partial charge in [0.1, 0.15) is 5.82 Å². The minimum atomic E-state index is -0.501. The van der Waals surface area contributed by atoms with Crippen LogP contribution in [0.1, 0.15) is 20.8 Å². The molecule has 0 radical (unpaired) electrons. The van der Waals surface area contributed by atoms with Gasteiger partial charge in [0.05, 0.1) is 5.02 Å². The number of nitrogens with zero attached hydrogens (tertiary/aromatic N) is 1. The summed E-state index contributed by atoms with van der Waals surface area (Å²) in [5, 5.41) is 3.02. The predicted octanol–water partition coefficient (Wildman–Crippen LogP) is 2.67. The molecule has 1 aromatic heterocycles. The van der Waals surface area contributed by atoms with Crippen LogP contribution in [0.3, 0.4) is 0 Å². The van der Waals surface area contributed by atoms with Gasteiger partial charge in [0.25, 0.3) is 0 Å². The molecule has 0 saturated heterocycles. The lowest BCUT2D eigenvalue weighted by atomic mass is 10.1. The number of pyridine rings is 1. The molecular weight excluding hydrogens is 205 g/mol. The Hall–Kier alpha value is -1.03. The highest BCUT2D eigenvalue weighted by Crippen LogP contribution is 2.23. The molecule has 0 saturated carbocycles. The summed E-state index contributed by atoms with van der Waals surface area (Å²) in [4.78, 5) is 3.82. The van der Waals surface area contributed by atoms with Crippen LogP contribution in [0.2, 0.25) is 5.02 Å². The topological polar surface area (TPSA) is 50.9 Å². The summed E-state index contributed by atoms with van der Waals surface area (Å²) in [6.45, 7) is 5.71. The van der Waals surface area contributed by atoms with E-state index >= 15 is 0 Å². The van der Waals surface area contributed by atoms with Crippen LogP contribution in [0.25, 0.3) is 0 Å². The molecule has 1 heterocycles. The second-order valence-electron chi connectivity index (χ2n) is 4.06. The van der Waals surface area contributed by atoms with E-state index in [9.17, 15) is 4.39 Å². The van der Waals surface area contributed by atoms with E-state index in [0.717, 1.165) is 6.07 Å². The van der Waals surface area contributed by atoms with Crippen LogP contribution in [-0.2, 0) is 0 Å². The Labute approximate surface area is 87.5 Å². The van der Waals surface area contributed by atoms with E-state index in [1.165, 1.54) is 0 Å². The molecule has 14 heavy (non-hydrogen) atoms. The number of halogens is 2. The van der Waals surface area contributed by atoms with Crippen molar-refractivity contribution in [3.63, 3.8) is 0 Å². The molecule has 0 amide bonds. The molecule has 0 aromatic carbocycles. The summed E-state index contributed by atoms with van der Waals surface area (Å²) in [5.41, 5.74) is 5.19.